The lowest BCUT2D eigenvalue weighted by atomic mass is 9.88. The molecule has 0 spiro atoms. The van der Waals surface area contributed by atoms with E-state index in [0.717, 1.165) is 58.8 Å². The lowest BCUT2D eigenvalue weighted by Gasteiger charge is -2.39. The Labute approximate surface area is 256 Å². The van der Waals surface area contributed by atoms with Crippen LogP contribution in [0.4, 0.5) is 5.69 Å². The molecule has 3 aromatic rings. The summed E-state index contributed by atoms with van der Waals surface area (Å²) in [7, 11) is 6.16. The van der Waals surface area contributed by atoms with Gasteiger partial charge in [-0.3, -0.25) is 9.59 Å². The maximum absolute atomic E-state index is 13.8. The van der Waals surface area contributed by atoms with Crippen molar-refractivity contribution in [2.45, 2.75) is 72.0 Å². The van der Waals surface area contributed by atoms with E-state index in [1.807, 2.05) is 57.2 Å². The molecule has 1 aromatic heterocycles. The lowest BCUT2D eigenvalue weighted by Crippen LogP contribution is -3.10. The molecule has 3 N–H and O–H groups in total. The van der Waals surface area contributed by atoms with Crippen LogP contribution in [0.15, 0.2) is 47.3 Å². The van der Waals surface area contributed by atoms with Crippen molar-refractivity contribution in [3.8, 4) is 16.9 Å². The standard InChI is InChI=1S/C35H48N4O4/c1-8-39(29-13-11-28(12-14-29)38(5)6)33-21-27(26-9-15-30(16-10-26)43-18-17-42-7)20-31(25(33)4)34(40)36-22-32-23(2)19-24(3)37-35(32)41/h9-10,15-16,19-21,28-29H,8,11-14,17-18,22H2,1-7H3,(H,36,40)(H,37,41)/p+1. The maximum atomic E-state index is 13.8. The topological polar surface area (TPSA) is 88.1 Å². The number of anilines is 1. The number of rotatable bonds is 12. The van der Waals surface area contributed by atoms with Crippen LogP contribution in [-0.4, -0.2) is 63.9 Å². The van der Waals surface area contributed by atoms with Crippen molar-refractivity contribution < 1.29 is 19.2 Å². The Kier molecular flexibility index (Phi) is 11.0. The Hall–Kier alpha value is -3.62. The van der Waals surface area contributed by atoms with Crippen LogP contribution in [0.25, 0.3) is 11.1 Å². The van der Waals surface area contributed by atoms with Crippen LogP contribution in [0, 0.1) is 20.8 Å². The van der Waals surface area contributed by atoms with E-state index in [4.69, 9.17) is 9.47 Å². The highest BCUT2D eigenvalue weighted by Gasteiger charge is 2.30. The molecule has 1 amide bonds. The Bertz CT molecular complexity index is 1440. The fourth-order valence-electron chi connectivity index (χ4n) is 6.34. The van der Waals surface area contributed by atoms with E-state index in [9.17, 15) is 9.59 Å². The molecule has 0 bridgehead atoms. The summed E-state index contributed by atoms with van der Waals surface area (Å²) < 4.78 is 10.9. The average Bonchev–Trinajstić information content (AvgIpc) is 2.98. The minimum absolute atomic E-state index is 0.163. The van der Waals surface area contributed by atoms with Gasteiger partial charge in [-0.2, -0.15) is 0 Å². The Balaban J connectivity index is 1.68. The molecule has 1 heterocycles. The molecular weight excluding hydrogens is 540 g/mol. The zero-order chi connectivity index (χ0) is 31.1. The van der Waals surface area contributed by atoms with E-state index in [1.54, 1.807) is 7.11 Å². The van der Waals surface area contributed by atoms with Gasteiger partial charge >= 0.3 is 0 Å². The van der Waals surface area contributed by atoms with Crippen LogP contribution >= 0.6 is 0 Å². The number of nitrogens with one attached hydrogen (secondary N) is 3. The number of ether oxygens (including phenoxy) is 2. The summed E-state index contributed by atoms with van der Waals surface area (Å²) in [5.41, 5.74) is 6.75. The number of H-pyrrole nitrogens is 1. The highest BCUT2D eigenvalue weighted by Crippen LogP contribution is 2.35. The number of hydrogen-bond acceptors (Lipinski definition) is 5. The van der Waals surface area contributed by atoms with E-state index in [1.165, 1.54) is 17.7 Å². The highest BCUT2D eigenvalue weighted by molar-refractivity contribution is 5.99. The second kappa shape index (κ2) is 14.7. The normalized spacial score (nSPS) is 16.7. The molecular formula is C35H49N4O4+. The van der Waals surface area contributed by atoms with Gasteiger partial charge in [0.2, 0.25) is 0 Å². The van der Waals surface area contributed by atoms with Crippen molar-refractivity contribution in [2.75, 3.05) is 45.9 Å². The Morgan fingerprint density at radius 3 is 2.30 bits per heavy atom. The number of amides is 1. The third-order valence-electron chi connectivity index (χ3n) is 8.89. The van der Waals surface area contributed by atoms with Gasteiger partial charge in [-0.25, -0.2) is 0 Å². The van der Waals surface area contributed by atoms with Crippen molar-refractivity contribution in [1.82, 2.24) is 10.3 Å². The van der Waals surface area contributed by atoms with Gasteiger partial charge in [0.25, 0.3) is 11.5 Å². The fraction of sp³-hybridized carbons (Fsp3) is 0.486. The number of methoxy groups -OCH3 is 1. The number of carbonyl (C=O) groups excluding carboxylic acids is 1. The number of aromatic amines is 1. The van der Waals surface area contributed by atoms with Crippen molar-refractivity contribution >= 4 is 11.6 Å². The first kappa shape index (κ1) is 32.3. The molecule has 0 aliphatic heterocycles. The molecule has 1 saturated carbocycles. The van der Waals surface area contributed by atoms with Gasteiger partial charge < -0.3 is 29.6 Å². The molecule has 8 nitrogen and oxygen atoms in total. The number of aryl methyl sites for hydroxylation is 2. The zero-order valence-electron chi connectivity index (χ0n) is 26.9. The fourth-order valence-corrected chi connectivity index (χ4v) is 6.34. The van der Waals surface area contributed by atoms with Gasteiger partial charge in [0.05, 0.1) is 26.7 Å². The summed E-state index contributed by atoms with van der Waals surface area (Å²) in [6.07, 6.45) is 4.67. The molecule has 2 aromatic carbocycles. The SMILES string of the molecule is CCN(c1cc(-c2ccc(OCCOC)cc2)cc(C(=O)NCc2c(C)cc(C)[nH]c2=O)c1C)C1CCC([NH+](C)C)CC1. The van der Waals surface area contributed by atoms with Gasteiger partial charge in [-0.1, -0.05) is 12.1 Å². The van der Waals surface area contributed by atoms with Crippen LogP contribution in [0.2, 0.25) is 0 Å². The van der Waals surface area contributed by atoms with E-state index in [0.29, 0.717) is 36.4 Å². The third kappa shape index (κ3) is 7.86. The minimum atomic E-state index is -0.185. The molecule has 43 heavy (non-hydrogen) atoms. The van der Waals surface area contributed by atoms with Gasteiger partial charge in [-0.15, -0.1) is 0 Å². The molecule has 1 aliphatic rings. The molecule has 4 rings (SSSR count). The summed E-state index contributed by atoms with van der Waals surface area (Å²) in [5, 5.41) is 3.04. The van der Waals surface area contributed by atoms with Gasteiger partial charge in [0, 0.05) is 61.6 Å². The predicted octanol–water partition coefficient (Wildman–Crippen LogP) is 4.20. The van der Waals surface area contributed by atoms with Crippen molar-refractivity contribution in [2.24, 2.45) is 0 Å². The van der Waals surface area contributed by atoms with Crippen molar-refractivity contribution in [1.29, 1.82) is 0 Å². The third-order valence-corrected chi connectivity index (χ3v) is 8.89. The van der Waals surface area contributed by atoms with Crippen LogP contribution in [0.1, 0.15) is 65.3 Å². The molecule has 0 saturated heterocycles. The van der Waals surface area contributed by atoms with E-state index in [-0.39, 0.29) is 18.0 Å². The van der Waals surface area contributed by atoms with Crippen LogP contribution in [-0.2, 0) is 11.3 Å². The number of pyridine rings is 1. The number of quaternary nitrogens is 1. The highest BCUT2D eigenvalue weighted by atomic mass is 16.5. The number of hydrogen-bond donors (Lipinski definition) is 3. The first-order valence-corrected chi connectivity index (χ1v) is 15.5. The maximum Gasteiger partial charge on any atom is 0.253 e. The zero-order valence-corrected chi connectivity index (χ0v) is 26.9. The molecule has 0 radical (unpaired) electrons. The molecule has 0 unspecified atom stereocenters. The number of benzene rings is 2. The molecule has 232 valence electrons. The Morgan fingerprint density at radius 1 is 1.00 bits per heavy atom. The molecule has 8 heteroatoms. The summed E-state index contributed by atoms with van der Waals surface area (Å²) in [6, 6.07) is 15.2. The Morgan fingerprint density at radius 2 is 1.70 bits per heavy atom. The summed E-state index contributed by atoms with van der Waals surface area (Å²) >= 11 is 0. The minimum Gasteiger partial charge on any atom is -0.491 e. The summed E-state index contributed by atoms with van der Waals surface area (Å²) in [6.45, 7) is 10.1. The quantitative estimate of drug-likeness (QED) is 0.276. The van der Waals surface area contributed by atoms with E-state index < -0.39 is 0 Å². The van der Waals surface area contributed by atoms with Crippen molar-refractivity contribution in [3.63, 3.8) is 0 Å². The number of nitrogens with zero attached hydrogens (tertiary/aromatic N) is 1. The monoisotopic (exact) mass is 589 g/mol. The van der Waals surface area contributed by atoms with Crippen LogP contribution in [0.5, 0.6) is 5.75 Å². The molecule has 0 atom stereocenters. The predicted molar refractivity (Wildman–Crippen MR) is 174 cm³/mol. The smallest absolute Gasteiger partial charge is 0.253 e. The molecule has 1 aliphatic carbocycles. The average molecular weight is 590 g/mol. The van der Waals surface area contributed by atoms with Crippen molar-refractivity contribution in [3.05, 3.63) is 80.8 Å². The van der Waals surface area contributed by atoms with Crippen LogP contribution in [0.3, 0.4) is 0 Å². The van der Waals surface area contributed by atoms with Crippen LogP contribution < -0.4 is 25.4 Å². The van der Waals surface area contributed by atoms with Gasteiger partial charge in [0.1, 0.15) is 12.4 Å². The van der Waals surface area contributed by atoms with E-state index in [2.05, 4.69) is 42.3 Å². The second-order valence-electron chi connectivity index (χ2n) is 12.0. The molecule has 1 fully saturated rings. The van der Waals surface area contributed by atoms with E-state index >= 15 is 0 Å². The summed E-state index contributed by atoms with van der Waals surface area (Å²) in [4.78, 5) is 33.3. The van der Waals surface area contributed by atoms with Gasteiger partial charge in [0.15, 0.2) is 0 Å². The van der Waals surface area contributed by atoms with Gasteiger partial charge in [-0.05, 0) is 93.1 Å². The second-order valence-corrected chi connectivity index (χ2v) is 12.0. The first-order valence-electron chi connectivity index (χ1n) is 15.5. The largest absolute Gasteiger partial charge is 0.491 e. The lowest BCUT2D eigenvalue weighted by molar-refractivity contribution is -0.887. The number of carbonyl (C=O) groups is 1. The number of aromatic nitrogens is 1. The summed E-state index contributed by atoms with van der Waals surface area (Å²) in [5.74, 6) is 0.593. The first-order chi connectivity index (χ1) is 20.6.